The lowest BCUT2D eigenvalue weighted by atomic mass is 10.1. The molecule has 0 spiro atoms. The van der Waals surface area contributed by atoms with Crippen LogP contribution >= 0.6 is 0 Å². The van der Waals surface area contributed by atoms with Gasteiger partial charge in [-0.15, -0.1) is 0 Å². The van der Waals surface area contributed by atoms with Crippen molar-refractivity contribution in [3.05, 3.63) is 29.8 Å². The number of aliphatic hydroxyl groups excluding tert-OH is 1. The Hall–Kier alpha value is -1.39. The third-order valence-electron chi connectivity index (χ3n) is 2.48. The van der Waals surface area contributed by atoms with Gasteiger partial charge in [0.15, 0.2) is 5.78 Å². The predicted molar refractivity (Wildman–Crippen MR) is 71.1 cm³/mol. The Morgan fingerprint density at radius 3 is 2.50 bits per heavy atom. The Balaban J connectivity index is 2.56. The first-order chi connectivity index (χ1) is 8.52. The minimum absolute atomic E-state index is 0.0428. The first-order valence-corrected chi connectivity index (χ1v) is 6.15. The van der Waals surface area contributed by atoms with Crippen molar-refractivity contribution in [1.82, 2.24) is 4.90 Å². The van der Waals surface area contributed by atoms with Crippen LogP contribution in [-0.4, -0.2) is 48.6 Å². The van der Waals surface area contributed by atoms with E-state index in [0.29, 0.717) is 25.3 Å². The van der Waals surface area contributed by atoms with E-state index < -0.39 is 6.10 Å². The number of hydrogen-bond acceptors (Lipinski definition) is 4. The number of nitrogens with zero attached hydrogens (tertiary/aromatic N) is 1. The van der Waals surface area contributed by atoms with Gasteiger partial charge in [0.05, 0.1) is 19.3 Å². The zero-order valence-corrected chi connectivity index (χ0v) is 11.2. The Kier molecular flexibility index (Phi) is 5.82. The fourth-order valence-electron chi connectivity index (χ4n) is 1.76. The first-order valence-electron chi connectivity index (χ1n) is 6.15. The highest BCUT2D eigenvalue weighted by Crippen LogP contribution is 2.12. The highest BCUT2D eigenvalue weighted by atomic mass is 16.5. The lowest BCUT2D eigenvalue weighted by Crippen LogP contribution is -2.32. The number of Topliss-reactive ketones (excluding diaryl/α,β-unsaturated/α-hetero) is 1. The van der Waals surface area contributed by atoms with Crippen LogP contribution in [0.15, 0.2) is 24.3 Å². The van der Waals surface area contributed by atoms with Gasteiger partial charge in [-0.1, -0.05) is 0 Å². The molecule has 0 radical (unpaired) electrons. The molecule has 1 rings (SSSR count). The van der Waals surface area contributed by atoms with Crippen LogP contribution in [0.25, 0.3) is 0 Å². The minimum Gasteiger partial charge on any atom is -0.494 e. The highest BCUT2D eigenvalue weighted by Gasteiger charge is 2.10. The van der Waals surface area contributed by atoms with Crippen LogP contribution in [0.2, 0.25) is 0 Å². The molecule has 1 N–H and O–H groups in total. The van der Waals surface area contributed by atoms with E-state index in [0.717, 1.165) is 5.75 Å². The zero-order chi connectivity index (χ0) is 13.5. The third kappa shape index (κ3) is 4.85. The average molecular weight is 251 g/mol. The van der Waals surface area contributed by atoms with Crippen LogP contribution in [0.5, 0.6) is 5.75 Å². The van der Waals surface area contributed by atoms with Crippen molar-refractivity contribution in [2.75, 3.05) is 26.7 Å². The largest absolute Gasteiger partial charge is 0.494 e. The monoisotopic (exact) mass is 251 g/mol. The number of carbonyl (C=O) groups excluding carboxylic acids is 1. The van der Waals surface area contributed by atoms with Crippen molar-refractivity contribution < 1.29 is 14.6 Å². The smallest absolute Gasteiger partial charge is 0.176 e. The summed E-state index contributed by atoms with van der Waals surface area (Å²) in [5.74, 6) is 0.813. The number of hydrogen-bond donors (Lipinski definition) is 1. The summed E-state index contributed by atoms with van der Waals surface area (Å²) in [6.07, 6.45) is -0.428. The molecular weight excluding hydrogens is 230 g/mol. The number of aliphatic hydroxyl groups is 1. The van der Waals surface area contributed by atoms with E-state index in [4.69, 9.17) is 4.74 Å². The van der Waals surface area contributed by atoms with Gasteiger partial charge in [-0.25, -0.2) is 0 Å². The van der Waals surface area contributed by atoms with Crippen LogP contribution in [0, 0.1) is 0 Å². The van der Waals surface area contributed by atoms with Gasteiger partial charge in [-0.05, 0) is 45.2 Å². The molecule has 100 valence electrons. The molecule has 0 aromatic heterocycles. The number of rotatable bonds is 7. The van der Waals surface area contributed by atoms with Gasteiger partial charge in [0.2, 0.25) is 0 Å². The van der Waals surface area contributed by atoms with E-state index in [1.807, 2.05) is 18.9 Å². The van der Waals surface area contributed by atoms with Crippen molar-refractivity contribution in [3.8, 4) is 5.75 Å². The lowest BCUT2D eigenvalue weighted by molar-refractivity contribution is 0.0901. The fraction of sp³-hybridized carbons (Fsp3) is 0.500. The van der Waals surface area contributed by atoms with E-state index in [1.165, 1.54) is 0 Å². The van der Waals surface area contributed by atoms with Crippen LogP contribution < -0.4 is 4.74 Å². The zero-order valence-electron chi connectivity index (χ0n) is 11.2. The molecule has 1 aromatic carbocycles. The number of likely N-dealkylation sites (N-methyl/N-ethyl adjacent to an activating group) is 1. The molecule has 0 aliphatic heterocycles. The van der Waals surface area contributed by atoms with E-state index in [2.05, 4.69) is 0 Å². The van der Waals surface area contributed by atoms with Gasteiger partial charge in [-0.3, -0.25) is 9.69 Å². The Bertz CT molecular complexity index is 373. The molecule has 18 heavy (non-hydrogen) atoms. The average Bonchev–Trinajstić information content (AvgIpc) is 2.29. The highest BCUT2D eigenvalue weighted by molar-refractivity contribution is 5.97. The maximum absolute atomic E-state index is 11.9. The molecule has 1 aromatic rings. The lowest BCUT2D eigenvalue weighted by Gasteiger charge is -2.17. The maximum atomic E-state index is 11.9. The SMILES string of the molecule is CCOc1ccc(C(=O)CN(C)CC(C)O)cc1. The summed E-state index contributed by atoms with van der Waals surface area (Å²) in [7, 11) is 1.82. The topological polar surface area (TPSA) is 49.8 Å². The molecule has 0 aliphatic rings. The maximum Gasteiger partial charge on any atom is 0.176 e. The molecule has 4 heteroatoms. The van der Waals surface area contributed by atoms with Crippen LogP contribution in [0.4, 0.5) is 0 Å². The molecule has 0 aliphatic carbocycles. The Morgan fingerprint density at radius 1 is 1.39 bits per heavy atom. The standard InChI is InChI=1S/C14H21NO3/c1-4-18-13-7-5-12(6-8-13)14(17)10-15(3)9-11(2)16/h5-8,11,16H,4,9-10H2,1-3H3. The van der Waals surface area contributed by atoms with Gasteiger partial charge < -0.3 is 9.84 Å². The second-order valence-corrected chi connectivity index (χ2v) is 4.43. The molecule has 1 unspecified atom stereocenters. The minimum atomic E-state index is -0.428. The summed E-state index contributed by atoms with van der Waals surface area (Å²) in [4.78, 5) is 13.8. The van der Waals surface area contributed by atoms with E-state index >= 15 is 0 Å². The molecule has 1 atom stereocenters. The van der Waals surface area contributed by atoms with Crippen LogP contribution in [-0.2, 0) is 0 Å². The predicted octanol–water partition coefficient (Wildman–Crippen LogP) is 1.58. The molecule has 0 saturated carbocycles. The number of ketones is 1. The third-order valence-corrected chi connectivity index (χ3v) is 2.48. The molecule has 0 saturated heterocycles. The Morgan fingerprint density at radius 2 is 2.00 bits per heavy atom. The summed E-state index contributed by atoms with van der Waals surface area (Å²) in [6, 6.07) is 7.13. The second kappa shape index (κ2) is 7.13. The molecule has 0 amide bonds. The van der Waals surface area contributed by atoms with Crippen molar-refractivity contribution in [3.63, 3.8) is 0 Å². The number of carbonyl (C=O) groups is 1. The van der Waals surface area contributed by atoms with Crippen LogP contribution in [0.1, 0.15) is 24.2 Å². The summed E-state index contributed by atoms with van der Waals surface area (Å²) >= 11 is 0. The van der Waals surface area contributed by atoms with Gasteiger partial charge in [0, 0.05) is 12.1 Å². The molecule has 0 heterocycles. The number of ether oxygens (including phenoxy) is 1. The van der Waals surface area contributed by atoms with Gasteiger partial charge in [-0.2, -0.15) is 0 Å². The fourth-order valence-corrected chi connectivity index (χ4v) is 1.76. The quantitative estimate of drug-likeness (QED) is 0.748. The van der Waals surface area contributed by atoms with E-state index in [-0.39, 0.29) is 5.78 Å². The van der Waals surface area contributed by atoms with Gasteiger partial charge >= 0.3 is 0 Å². The van der Waals surface area contributed by atoms with Gasteiger partial charge in [0.25, 0.3) is 0 Å². The van der Waals surface area contributed by atoms with Crippen LogP contribution in [0.3, 0.4) is 0 Å². The van der Waals surface area contributed by atoms with Crippen molar-refractivity contribution in [2.24, 2.45) is 0 Å². The van der Waals surface area contributed by atoms with Crippen molar-refractivity contribution >= 4 is 5.78 Å². The first kappa shape index (κ1) is 14.7. The normalized spacial score (nSPS) is 12.5. The Labute approximate surface area is 108 Å². The molecule has 0 bridgehead atoms. The van der Waals surface area contributed by atoms with Crippen molar-refractivity contribution in [1.29, 1.82) is 0 Å². The summed E-state index contributed by atoms with van der Waals surface area (Å²) < 4.78 is 5.32. The molecule has 0 fully saturated rings. The number of benzene rings is 1. The summed E-state index contributed by atoms with van der Waals surface area (Å²) in [6.45, 7) is 5.04. The van der Waals surface area contributed by atoms with E-state index in [9.17, 15) is 9.90 Å². The van der Waals surface area contributed by atoms with Gasteiger partial charge in [0.1, 0.15) is 5.75 Å². The molecular formula is C14H21NO3. The van der Waals surface area contributed by atoms with E-state index in [1.54, 1.807) is 31.2 Å². The van der Waals surface area contributed by atoms with Crippen molar-refractivity contribution in [2.45, 2.75) is 20.0 Å². The second-order valence-electron chi connectivity index (χ2n) is 4.43. The molecule has 4 nitrogen and oxygen atoms in total. The summed E-state index contributed by atoms with van der Waals surface area (Å²) in [5.41, 5.74) is 0.663. The summed E-state index contributed by atoms with van der Waals surface area (Å²) in [5, 5.41) is 9.23.